The third-order valence-corrected chi connectivity index (χ3v) is 3.04. The van der Waals surface area contributed by atoms with Crippen molar-refractivity contribution in [1.29, 1.82) is 0 Å². The zero-order chi connectivity index (χ0) is 11.3. The second-order valence-corrected chi connectivity index (χ2v) is 5.09. The lowest BCUT2D eigenvalue weighted by atomic mass is 10.3. The predicted molar refractivity (Wildman–Crippen MR) is 67.8 cm³/mol. The SMILES string of the molecule is COCC(C)NCc1ncc(Br)cc1Br. The van der Waals surface area contributed by atoms with Crippen LogP contribution in [0.2, 0.25) is 0 Å². The number of ether oxygens (including phenoxy) is 1. The Bertz CT molecular complexity index is 320. The first-order valence-electron chi connectivity index (χ1n) is 4.65. The molecule has 1 N–H and O–H groups in total. The number of nitrogens with one attached hydrogen (secondary N) is 1. The van der Waals surface area contributed by atoms with Gasteiger partial charge in [-0.25, -0.2) is 0 Å². The van der Waals surface area contributed by atoms with E-state index in [2.05, 4.69) is 49.1 Å². The van der Waals surface area contributed by atoms with Gasteiger partial charge in [0.2, 0.25) is 0 Å². The first-order valence-corrected chi connectivity index (χ1v) is 6.24. The molecule has 0 amide bonds. The maximum Gasteiger partial charge on any atom is 0.0684 e. The molecule has 0 spiro atoms. The van der Waals surface area contributed by atoms with Crippen molar-refractivity contribution >= 4 is 31.9 Å². The van der Waals surface area contributed by atoms with Gasteiger partial charge in [-0.15, -0.1) is 0 Å². The molecule has 1 aromatic rings. The predicted octanol–water partition coefficient (Wildman–Crippen LogP) is 2.73. The highest BCUT2D eigenvalue weighted by Gasteiger charge is 2.05. The van der Waals surface area contributed by atoms with E-state index >= 15 is 0 Å². The standard InChI is InChI=1S/C10H14Br2N2O/c1-7(6-15-2)13-5-10-9(12)3-8(11)4-14-10/h3-4,7,13H,5-6H2,1-2H3. The Kier molecular flexibility index (Phi) is 5.74. The summed E-state index contributed by atoms with van der Waals surface area (Å²) in [5.41, 5.74) is 1.00. The van der Waals surface area contributed by atoms with Crippen molar-refractivity contribution in [1.82, 2.24) is 10.3 Å². The van der Waals surface area contributed by atoms with E-state index in [1.807, 2.05) is 6.07 Å². The topological polar surface area (TPSA) is 34.1 Å². The second kappa shape index (κ2) is 6.58. The lowest BCUT2D eigenvalue weighted by Gasteiger charge is -2.12. The van der Waals surface area contributed by atoms with Crippen molar-refractivity contribution in [3.05, 3.63) is 26.9 Å². The van der Waals surface area contributed by atoms with Gasteiger partial charge < -0.3 is 10.1 Å². The molecule has 0 aliphatic heterocycles. The summed E-state index contributed by atoms with van der Waals surface area (Å²) in [6, 6.07) is 2.32. The van der Waals surface area contributed by atoms with Gasteiger partial charge in [0.05, 0.1) is 12.3 Å². The third kappa shape index (κ3) is 4.59. The molecular formula is C10H14Br2N2O. The van der Waals surface area contributed by atoms with Gasteiger partial charge >= 0.3 is 0 Å². The average molecular weight is 338 g/mol. The van der Waals surface area contributed by atoms with Crippen LogP contribution in [0.1, 0.15) is 12.6 Å². The molecule has 3 nitrogen and oxygen atoms in total. The largest absolute Gasteiger partial charge is 0.383 e. The minimum Gasteiger partial charge on any atom is -0.383 e. The van der Waals surface area contributed by atoms with E-state index < -0.39 is 0 Å². The van der Waals surface area contributed by atoms with Crippen LogP contribution in [0.5, 0.6) is 0 Å². The van der Waals surface area contributed by atoms with Gasteiger partial charge in [-0.3, -0.25) is 4.98 Å². The highest BCUT2D eigenvalue weighted by atomic mass is 79.9. The minimum absolute atomic E-state index is 0.326. The van der Waals surface area contributed by atoms with Crippen LogP contribution >= 0.6 is 31.9 Å². The molecule has 0 aliphatic carbocycles. The average Bonchev–Trinajstić information content (AvgIpc) is 2.17. The van der Waals surface area contributed by atoms with Gasteiger partial charge in [-0.2, -0.15) is 0 Å². The van der Waals surface area contributed by atoms with Gasteiger partial charge in [-0.1, -0.05) is 0 Å². The molecule has 1 rings (SSSR count). The van der Waals surface area contributed by atoms with Crippen LogP contribution in [0.15, 0.2) is 21.2 Å². The lowest BCUT2D eigenvalue weighted by Crippen LogP contribution is -2.30. The quantitative estimate of drug-likeness (QED) is 0.897. The van der Waals surface area contributed by atoms with E-state index in [0.717, 1.165) is 21.2 Å². The molecule has 1 heterocycles. The number of rotatable bonds is 5. The Balaban J connectivity index is 2.50. The van der Waals surface area contributed by atoms with Gasteiger partial charge in [-0.05, 0) is 44.8 Å². The molecule has 1 aromatic heterocycles. The Morgan fingerprint density at radius 3 is 2.87 bits per heavy atom. The second-order valence-electron chi connectivity index (χ2n) is 3.32. The number of pyridine rings is 1. The van der Waals surface area contributed by atoms with Crippen LogP contribution in [0.25, 0.3) is 0 Å². The van der Waals surface area contributed by atoms with Crippen molar-refractivity contribution in [2.75, 3.05) is 13.7 Å². The molecule has 1 unspecified atom stereocenters. The minimum atomic E-state index is 0.326. The summed E-state index contributed by atoms with van der Waals surface area (Å²) in [6.07, 6.45) is 1.79. The summed E-state index contributed by atoms with van der Waals surface area (Å²) in [5, 5.41) is 3.33. The molecule has 0 fully saturated rings. The van der Waals surface area contributed by atoms with Crippen molar-refractivity contribution in [3.8, 4) is 0 Å². The first-order chi connectivity index (χ1) is 7.13. The number of nitrogens with zero attached hydrogens (tertiary/aromatic N) is 1. The monoisotopic (exact) mass is 336 g/mol. The fourth-order valence-corrected chi connectivity index (χ4v) is 2.28. The molecule has 15 heavy (non-hydrogen) atoms. The van der Waals surface area contributed by atoms with Crippen LogP contribution in [0, 0.1) is 0 Å². The molecule has 0 aliphatic rings. The zero-order valence-electron chi connectivity index (χ0n) is 8.76. The van der Waals surface area contributed by atoms with Crippen LogP contribution < -0.4 is 5.32 Å². The Labute approximate surface area is 107 Å². The van der Waals surface area contributed by atoms with Crippen molar-refractivity contribution < 1.29 is 4.74 Å². The number of halogens is 2. The number of aromatic nitrogens is 1. The summed E-state index contributed by atoms with van der Waals surface area (Å²) in [5.74, 6) is 0. The lowest BCUT2D eigenvalue weighted by molar-refractivity contribution is 0.171. The van der Waals surface area contributed by atoms with E-state index in [0.29, 0.717) is 12.6 Å². The van der Waals surface area contributed by atoms with Crippen LogP contribution in [-0.4, -0.2) is 24.7 Å². The highest BCUT2D eigenvalue weighted by molar-refractivity contribution is 9.11. The molecule has 1 atom stereocenters. The summed E-state index contributed by atoms with van der Waals surface area (Å²) in [7, 11) is 1.70. The summed E-state index contributed by atoms with van der Waals surface area (Å²) in [4.78, 5) is 4.31. The Hall–Kier alpha value is 0.0300. The van der Waals surface area contributed by atoms with Crippen molar-refractivity contribution in [2.24, 2.45) is 0 Å². The fourth-order valence-electron chi connectivity index (χ4n) is 1.15. The van der Waals surface area contributed by atoms with Gasteiger partial charge in [0.25, 0.3) is 0 Å². The maximum absolute atomic E-state index is 5.04. The molecule has 5 heteroatoms. The molecule has 0 radical (unpaired) electrons. The molecule has 0 bridgehead atoms. The molecular weight excluding hydrogens is 324 g/mol. The third-order valence-electron chi connectivity index (χ3n) is 1.92. The Morgan fingerprint density at radius 1 is 1.53 bits per heavy atom. The number of methoxy groups -OCH3 is 1. The van der Waals surface area contributed by atoms with Crippen molar-refractivity contribution in [2.45, 2.75) is 19.5 Å². The summed E-state index contributed by atoms with van der Waals surface area (Å²) >= 11 is 6.84. The van der Waals surface area contributed by atoms with E-state index in [1.54, 1.807) is 13.3 Å². The summed E-state index contributed by atoms with van der Waals surface area (Å²) < 4.78 is 7.02. The van der Waals surface area contributed by atoms with E-state index in [1.165, 1.54) is 0 Å². The number of hydrogen-bond donors (Lipinski definition) is 1. The Morgan fingerprint density at radius 2 is 2.27 bits per heavy atom. The molecule has 84 valence electrons. The van der Waals surface area contributed by atoms with Gasteiger partial charge in [0.15, 0.2) is 0 Å². The maximum atomic E-state index is 5.04. The van der Waals surface area contributed by atoms with Crippen LogP contribution in [-0.2, 0) is 11.3 Å². The molecule has 0 saturated heterocycles. The summed E-state index contributed by atoms with van der Waals surface area (Å²) in [6.45, 7) is 3.52. The van der Waals surface area contributed by atoms with Gasteiger partial charge in [0.1, 0.15) is 0 Å². The first kappa shape index (κ1) is 13.1. The van der Waals surface area contributed by atoms with E-state index in [9.17, 15) is 0 Å². The van der Waals surface area contributed by atoms with Crippen molar-refractivity contribution in [3.63, 3.8) is 0 Å². The van der Waals surface area contributed by atoms with Crippen LogP contribution in [0.3, 0.4) is 0 Å². The molecule has 0 saturated carbocycles. The van der Waals surface area contributed by atoms with Crippen LogP contribution in [0.4, 0.5) is 0 Å². The fraction of sp³-hybridized carbons (Fsp3) is 0.500. The zero-order valence-corrected chi connectivity index (χ0v) is 11.9. The van der Waals surface area contributed by atoms with Gasteiger partial charge in [0, 0.05) is 34.8 Å². The smallest absolute Gasteiger partial charge is 0.0684 e. The molecule has 0 aromatic carbocycles. The number of hydrogen-bond acceptors (Lipinski definition) is 3. The highest BCUT2D eigenvalue weighted by Crippen LogP contribution is 2.19. The van der Waals surface area contributed by atoms with E-state index in [-0.39, 0.29) is 0 Å². The van der Waals surface area contributed by atoms with E-state index in [4.69, 9.17) is 4.74 Å². The normalized spacial score (nSPS) is 12.8.